The Labute approximate surface area is 277 Å². The molecule has 1 aromatic rings. The molecule has 1 saturated heterocycles. The van der Waals surface area contributed by atoms with Gasteiger partial charge in [-0.3, -0.25) is 38.8 Å². The molecule has 1 aliphatic rings. The van der Waals surface area contributed by atoms with Crippen LogP contribution in [0.1, 0.15) is 12.5 Å². The van der Waals surface area contributed by atoms with Crippen LogP contribution in [0.4, 0.5) is 0 Å². The van der Waals surface area contributed by atoms with Crippen LogP contribution in [0.25, 0.3) is 0 Å². The predicted molar refractivity (Wildman–Crippen MR) is 147 cm³/mol. The average Bonchev–Trinajstić information content (AvgIpc) is 2.88. The van der Waals surface area contributed by atoms with E-state index in [2.05, 4.69) is 0 Å². The topological polar surface area (TPSA) is 181 Å². The van der Waals surface area contributed by atoms with E-state index in [9.17, 15) is 39.6 Å². The van der Waals surface area contributed by atoms with Crippen molar-refractivity contribution in [2.75, 3.05) is 91.8 Å². The number of ether oxygens (including phenoxy) is 2. The molecule has 4 N–H and O–H groups in total. The van der Waals surface area contributed by atoms with E-state index in [1.54, 1.807) is 19.6 Å². The minimum Gasteiger partial charge on any atom is -0.491 e. The molecule has 2 rings (SSSR count). The number of rotatable bonds is 15. The van der Waals surface area contributed by atoms with Gasteiger partial charge in [-0.25, -0.2) is 0 Å². The van der Waals surface area contributed by atoms with E-state index in [1.807, 2.05) is 31.2 Å². The molecular weight excluding hydrogens is 698 g/mol. The van der Waals surface area contributed by atoms with E-state index in [0.29, 0.717) is 32.0 Å². The molecule has 1 fully saturated rings. The molecule has 42 heavy (non-hydrogen) atoms. The van der Waals surface area contributed by atoms with Crippen molar-refractivity contribution in [3.05, 3.63) is 29.8 Å². The van der Waals surface area contributed by atoms with Gasteiger partial charge in [-0.2, -0.15) is 0 Å². The predicted octanol–water partition coefficient (Wildman–Crippen LogP) is -0.427. The molecule has 0 radical (unpaired) electrons. The summed E-state index contributed by atoms with van der Waals surface area (Å²) in [6.07, 6.45) is 0.403. The van der Waals surface area contributed by atoms with Gasteiger partial charge in [0.2, 0.25) is 0 Å². The zero-order chi connectivity index (χ0) is 30.2. The molecular formula is C27H42GdN4O10. The van der Waals surface area contributed by atoms with E-state index in [4.69, 9.17) is 9.47 Å². The first-order chi connectivity index (χ1) is 19.5. The minimum atomic E-state index is -1.05. The number of carbonyl (C=O) groups is 4. The van der Waals surface area contributed by atoms with Gasteiger partial charge in [0, 0.05) is 98.4 Å². The molecule has 1 aromatic carbocycles. The van der Waals surface area contributed by atoms with Gasteiger partial charge in [0.15, 0.2) is 0 Å². The van der Waals surface area contributed by atoms with Crippen LogP contribution >= 0.6 is 0 Å². The molecule has 0 bridgehead atoms. The van der Waals surface area contributed by atoms with E-state index in [-0.39, 0.29) is 112 Å². The third-order valence-corrected chi connectivity index (χ3v) is 6.66. The van der Waals surface area contributed by atoms with Crippen LogP contribution in [0.3, 0.4) is 0 Å². The van der Waals surface area contributed by atoms with Crippen molar-refractivity contribution < 1.29 is 89.0 Å². The van der Waals surface area contributed by atoms with Crippen molar-refractivity contribution in [3.63, 3.8) is 0 Å². The molecule has 1 atom stereocenters. The SMILES string of the molecule is CCOCCOc1ccc(C[C@@H]2CN(CC(=O)O)CCN(CC(=O)O)CCN(CC(=O)O)CCN2CC(=O)O)cc1.[Gd]. The zero-order valence-electron chi connectivity index (χ0n) is 23.9. The quantitative estimate of drug-likeness (QED) is 0.170. The second kappa shape index (κ2) is 20.8. The third kappa shape index (κ3) is 16.0. The van der Waals surface area contributed by atoms with Crippen LogP contribution in [0, 0.1) is 39.9 Å². The first-order valence-electron chi connectivity index (χ1n) is 13.6. The first-order valence-corrected chi connectivity index (χ1v) is 13.6. The fraction of sp³-hybridized carbons (Fsp3) is 0.630. The second-order valence-electron chi connectivity index (χ2n) is 9.88. The Balaban J connectivity index is 0.00000882. The van der Waals surface area contributed by atoms with Gasteiger partial charge in [0.05, 0.1) is 32.8 Å². The first kappa shape index (κ1) is 38.0. The molecule has 0 saturated carbocycles. The van der Waals surface area contributed by atoms with Crippen molar-refractivity contribution >= 4 is 23.9 Å². The Hall–Kier alpha value is -1.98. The minimum absolute atomic E-state index is 0. The van der Waals surface area contributed by atoms with Gasteiger partial charge in [-0.05, 0) is 31.0 Å². The Morgan fingerprint density at radius 2 is 1.19 bits per heavy atom. The molecule has 0 unspecified atom stereocenters. The molecule has 238 valence electrons. The molecule has 14 nitrogen and oxygen atoms in total. The van der Waals surface area contributed by atoms with Gasteiger partial charge < -0.3 is 29.9 Å². The summed E-state index contributed by atoms with van der Waals surface area (Å²) in [6, 6.07) is 6.95. The summed E-state index contributed by atoms with van der Waals surface area (Å²) < 4.78 is 11.0. The van der Waals surface area contributed by atoms with Crippen LogP contribution < -0.4 is 4.74 Å². The average molecular weight is 740 g/mol. The van der Waals surface area contributed by atoms with E-state index >= 15 is 0 Å². The fourth-order valence-corrected chi connectivity index (χ4v) is 4.71. The van der Waals surface area contributed by atoms with Crippen molar-refractivity contribution in [2.45, 2.75) is 19.4 Å². The van der Waals surface area contributed by atoms with E-state index in [0.717, 1.165) is 5.56 Å². The summed E-state index contributed by atoms with van der Waals surface area (Å²) in [7, 11) is 0. The van der Waals surface area contributed by atoms with Crippen LogP contribution in [-0.2, 0) is 30.3 Å². The van der Waals surface area contributed by atoms with Crippen LogP contribution in [0.2, 0.25) is 0 Å². The number of carboxylic acid groups (broad SMARTS) is 4. The Kier molecular flexibility index (Phi) is 18.9. The summed E-state index contributed by atoms with van der Waals surface area (Å²) in [5.41, 5.74) is 0.889. The monoisotopic (exact) mass is 740 g/mol. The standard InChI is InChI=1S/C27H42N4O10.Gd/c1-2-40-13-14-41-23-5-3-21(4-6-23)15-22-16-30(19-26(36)37)10-9-28(17-24(32)33)7-8-29(18-25(34)35)11-12-31(22)20-27(38)39;/h3-6,22H,2,7-20H2,1H3,(H,32,33)(H,34,35)(H,36,37)(H,38,39);/t22-;/m1./s1. The summed E-state index contributed by atoms with van der Waals surface area (Å²) in [5.74, 6) is -3.53. The van der Waals surface area contributed by atoms with Crippen LogP contribution in [0.5, 0.6) is 5.75 Å². The molecule has 1 heterocycles. The Morgan fingerprint density at radius 1 is 0.714 bits per heavy atom. The molecule has 1 aliphatic heterocycles. The summed E-state index contributed by atoms with van der Waals surface area (Å²) in [5, 5.41) is 38.0. The Bertz CT molecular complexity index is 984. The zero-order valence-corrected chi connectivity index (χ0v) is 26.1. The molecule has 0 aromatic heterocycles. The van der Waals surface area contributed by atoms with Crippen molar-refractivity contribution in [2.24, 2.45) is 0 Å². The number of nitrogens with zero attached hydrogens (tertiary/aromatic N) is 4. The summed E-state index contributed by atoms with van der Waals surface area (Å²) >= 11 is 0. The van der Waals surface area contributed by atoms with Gasteiger partial charge in [0.25, 0.3) is 0 Å². The molecule has 0 spiro atoms. The molecule has 15 heteroatoms. The maximum atomic E-state index is 11.9. The van der Waals surface area contributed by atoms with E-state index in [1.165, 1.54) is 0 Å². The number of carboxylic acids is 4. The van der Waals surface area contributed by atoms with Gasteiger partial charge >= 0.3 is 23.9 Å². The van der Waals surface area contributed by atoms with Crippen LogP contribution in [0.15, 0.2) is 24.3 Å². The van der Waals surface area contributed by atoms with Gasteiger partial charge in [-0.1, -0.05) is 12.1 Å². The normalized spacial score (nSPS) is 18.3. The number of hydrogen-bond acceptors (Lipinski definition) is 10. The van der Waals surface area contributed by atoms with E-state index < -0.39 is 29.9 Å². The van der Waals surface area contributed by atoms with Gasteiger partial charge in [-0.15, -0.1) is 0 Å². The second-order valence-corrected chi connectivity index (χ2v) is 9.88. The largest absolute Gasteiger partial charge is 0.491 e. The molecule has 0 amide bonds. The van der Waals surface area contributed by atoms with Crippen molar-refractivity contribution in [1.29, 1.82) is 0 Å². The maximum Gasteiger partial charge on any atom is 0.317 e. The number of hydrogen-bond donors (Lipinski definition) is 4. The Morgan fingerprint density at radius 3 is 1.69 bits per heavy atom. The molecule has 0 aliphatic carbocycles. The van der Waals surface area contributed by atoms with Crippen LogP contribution in [-0.4, -0.2) is 162 Å². The van der Waals surface area contributed by atoms with Crippen molar-refractivity contribution in [1.82, 2.24) is 19.6 Å². The summed E-state index contributed by atoms with van der Waals surface area (Å²) in [4.78, 5) is 53.2. The van der Waals surface area contributed by atoms with Crippen molar-refractivity contribution in [3.8, 4) is 5.75 Å². The number of aliphatic carboxylic acids is 4. The third-order valence-electron chi connectivity index (χ3n) is 6.66. The number of benzene rings is 1. The fourth-order valence-electron chi connectivity index (χ4n) is 4.71. The maximum absolute atomic E-state index is 11.9. The smallest absolute Gasteiger partial charge is 0.317 e. The van der Waals surface area contributed by atoms with Gasteiger partial charge in [0.1, 0.15) is 12.4 Å². The summed E-state index contributed by atoms with van der Waals surface area (Å²) in [6.45, 7) is 3.91.